The van der Waals surface area contributed by atoms with Crippen molar-refractivity contribution >= 4 is 27.3 Å². The lowest BCUT2D eigenvalue weighted by atomic mass is 10.3. The number of hydrogen-bond donors (Lipinski definition) is 0. The molecule has 1 aromatic heterocycles. The van der Waals surface area contributed by atoms with Crippen molar-refractivity contribution in [1.29, 1.82) is 0 Å². The van der Waals surface area contributed by atoms with Crippen LogP contribution >= 0.6 is 27.3 Å². The van der Waals surface area contributed by atoms with Gasteiger partial charge in [0.05, 0.1) is 14.5 Å². The van der Waals surface area contributed by atoms with Gasteiger partial charge in [-0.3, -0.25) is 0 Å². The van der Waals surface area contributed by atoms with Gasteiger partial charge in [0.2, 0.25) is 0 Å². The van der Waals surface area contributed by atoms with Crippen LogP contribution in [0.3, 0.4) is 0 Å². The first kappa shape index (κ1) is 2.07. The molecule has 0 bridgehead atoms. The van der Waals surface area contributed by atoms with Crippen molar-refractivity contribution in [1.82, 2.24) is 4.98 Å². The maximum Gasteiger partial charge on any atom is 0.0940 e. The largest absolute Gasteiger partial charge is 0.245 e. The van der Waals surface area contributed by atoms with Gasteiger partial charge in [0.15, 0.2) is 0 Å². The van der Waals surface area contributed by atoms with Crippen molar-refractivity contribution < 1.29 is 13.7 Å². The quantitative estimate of drug-likeness (QED) is 0.760. The zero-order valence-corrected chi connectivity index (χ0v) is 7.14. The SMILES string of the molecule is [2H]C([2H])([2H])c1nc(C([2H])([2H])C([2H])([2H])C([2H])([2H])[2H])sc1Br. The maximum atomic E-state index is 7.72. The summed E-state index contributed by atoms with van der Waals surface area (Å²) in [6, 6.07) is 0. The fourth-order valence-corrected chi connectivity index (χ4v) is 1.51. The van der Waals surface area contributed by atoms with Gasteiger partial charge in [-0.25, -0.2) is 4.98 Å². The zero-order valence-electron chi connectivity index (χ0n) is 14.7. The third-order valence-corrected chi connectivity index (χ3v) is 2.38. The van der Waals surface area contributed by atoms with Gasteiger partial charge in [0.25, 0.3) is 0 Å². The molecule has 0 atom stereocenters. The van der Waals surface area contributed by atoms with Crippen LogP contribution in [0.5, 0.6) is 0 Å². The van der Waals surface area contributed by atoms with Crippen LogP contribution in [-0.2, 0) is 6.37 Å². The summed E-state index contributed by atoms with van der Waals surface area (Å²) in [6.45, 7) is -5.81. The molecule has 0 saturated carbocycles. The summed E-state index contributed by atoms with van der Waals surface area (Å²) < 4.78 is 73.4. The third-order valence-electron chi connectivity index (χ3n) is 0.755. The van der Waals surface area contributed by atoms with Gasteiger partial charge < -0.3 is 0 Å². The average Bonchev–Trinajstić information content (AvgIpc) is 2.58. The molecular weight excluding hydrogens is 210 g/mol. The minimum atomic E-state index is -3.21. The Morgan fingerprint density at radius 2 is 2.80 bits per heavy atom. The van der Waals surface area contributed by atoms with Gasteiger partial charge in [0, 0.05) is 13.7 Å². The third kappa shape index (κ3) is 1.80. The number of aromatic nitrogens is 1. The Morgan fingerprint density at radius 1 is 1.90 bits per heavy atom. The molecule has 0 amide bonds. The van der Waals surface area contributed by atoms with Gasteiger partial charge in [-0.15, -0.1) is 11.3 Å². The smallest absolute Gasteiger partial charge is 0.0940 e. The topological polar surface area (TPSA) is 12.9 Å². The summed E-state index contributed by atoms with van der Waals surface area (Å²) in [5.41, 5.74) is -0.414. The van der Waals surface area contributed by atoms with E-state index in [-0.39, 0.29) is 3.79 Å². The second-order valence-electron chi connectivity index (χ2n) is 1.39. The van der Waals surface area contributed by atoms with Crippen molar-refractivity contribution in [3.63, 3.8) is 0 Å². The highest BCUT2D eigenvalue weighted by Crippen LogP contribution is 2.24. The van der Waals surface area contributed by atoms with Crippen LogP contribution in [0.25, 0.3) is 0 Å². The molecule has 0 aromatic carbocycles. The van der Waals surface area contributed by atoms with E-state index in [2.05, 4.69) is 20.9 Å². The first-order chi connectivity index (χ1) is 8.62. The predicted octanol–water partition coefficient (Wildman–Crippen LogP) is 3.17. The van der Waals surface area contributed by atoms with Gasteiger partial charge in [-0.1, -0.05) is 6.85 Å². The molecule has 0 N–H and O–H groups in total. The number of hydrogen-bond acceptors (Lipinski definition) is 2. The van der Waals surface area contributed by atoms with Crippen LogP contribution in [0.15, 0.2) is 3.79 Å². The molecule has 3 heteroatoms. The van der Waals surface area contributed by atoms with E-state index >= 15 is 0 Å². The lowest BCUT2D eigenvalue weighted by molar-refractivity contribution is 0.903. The van der Waals surface area contributed by atoms with Crippen molar-refractivity contribution in [2.24, 2.45) is 0 Å². The van der Waals surface area contributed by atoms with E-state index in [0.717, 1.165) is 0 Å². The van der Waals surface area contributed by atoms with Crippen molar-refractivity contribution in [2.45, 2.75) is 26.4 Å². The molecule has 1 heterocycles. The lowest BCUT2D eigenvalue weighted by Crippen LogP contribution is -1.79. The highest BCUT2D eigenvalue weighted by atomic mass is 79.9. The van der Waals surface area contributed by atoms with Crippen LogP contribution in [0, 0.1) is 6.85 Å². The Kier molecular flexibility index (Phi) is 0.723. The second kappa shape index (κ2) is 3.49. The summed E-state index contributed by atoms with van der Waals surface area (Å²) >= 11 is 3.50. The first-order valence-electron chi connectivity index (χ1n) is 7.29. The molecule has 0 aliphatic carbocycles. The van der Waals surface area contributed by atoms with Crippen molar-refractivity contribution in [3.05, 3.63) is 14.5 Å². The van der Waals surface area contributed by atoms with Gasteiger partial charge in [-0.05, 0) is 35.5 Å². The molecule has 0 radical (unpaired) electrons. The number of aryl methyl sites for hydroxylation is 2. The summed E-state index contributed by atoms with van der Waals surface area (Å²) in [4.78, 5) is 3.58. The zero-order chi connectivity index (χ0) is 16.1. The Balaban J connectivity index is 3.38. The lowest BCUT2D eigenvalue weighted by Gasteiger charge is -1.85. The van der Waals surface area contributed by atoms with Gasteiger partial charge in [0.1, 0.15) is 0 Å². The van der Waals surface area contributed by atoms with E-state index < -0.39 is 37.2 Å². The molecule has 0 aliphatic heterocycles. The van der Waals surface area contributed by atoms with Gasteiger partial charge >= 0.3 is 0 Å². The van der Waals surface area contributed by atoms with Crippen LogP contribution in [0.1, 0.15) is 37.6 Å². The number of halogens is 1. The Labute approximate surface area is 87.7 Å². The van der Waals surface area contributed by atoms with Crippen LogP contribution in [0.4, 0.5) is 0 Å². The molecule has 0 fully saturated rings. The minimum absolute atomic E-state index is 0.0257. The highest BCUT2D eigenvalue weighted by molar-refractivity contribution is 9.11. The van der Waals surface area contributed by atoms with E-state index in [0.29, 0.717) is 11.3 Å². The Bertz CT molecular complexity index is 501. The van der Waals surface area contributed by atoms with Crippen LogP contribution < -0.4 is 0 Å². The molecule has 10 heavy (non-hydrogen) atoms. The fraction of sp³-hybridized carbons (Fsp3) is 0.571. The molecule has 0 aliphatic rings. The molecule has 0 saturated heterocycles. The summed E-state index contributed by atoms with van der Waals surface area (Å²) in [7, 11) is 0. The number of thiazole rings is 1. The molecule has 1 rings (SSSR count). The number of rotatable bonds is 2. The average molecular weight is 230 g/mol. The first-order valence-corrected chi connectivity index (χ1v) is 3.90. The summed E-state index contributed by atoms with van der Waals surface area (Å²) in [5, 5.41) is -0.531. The van der Waals surface area contributed by atoms with E-state index in [1.807, 2.05) is 0 Å². The molecule has 0 spiro atoms. The maximum absolute atomic E-state index is 7.72. The normalized spacial score (nSPS) is 30.5. The van der Waals surface area contributed by atoms with E-state index in [4.69, 9.17) is 13.7 Å². The monoisotopic (exact) mass is 229 g/mol. The Hall–Kier alpha value is 0.110. The van der Waals surface area contributed by atoms with Crippen LogP contribution in [0.2, 0.25) is 0 Å². The minimum Gasteiger partial charge on any atom is -0.245 e. The molecular formula is C7H10BrNS. The van der Waals surface area contributed by atoms with Crippen molar-refractivity contribution in [3.8, 4) is 0 Å². The van der Waals surface area contributed by atoms with Crippen LogP contribution in [-0.4, -0.2) is 4.98 Å². The fourth-order valence-electron chi connectivity index (χ4n) is 0.408. The Morgan fingerprint density at radius 3 is 3.40 bits per heavy atom. The molecule has 1 aromatic rings. The summed E-state index contributed by atoms with van der Waals surface area (Å²) in [6.07, 6.45) is -6.15. The number of nitrogens with zero attached hydrogens (tertiary/aromatic N) is 1. The highest BCUT2D eigenvalue weighted by Gasteiger charge is 2.02. The predicted molar refractivity (Wildman–Crippen MR) is 48.5 cm³/mol. The van der Waals surface area contributed by atoms with E-state index in [9.17, 15) is 0 Å². The van der Waals surface area contributed by atoms with E-state index in [1.54, 1.807) is 0 Å². The second-order valence-corrected chi connectivity index (χ2v) is 3.71. The van der Waals surface area contributed by atoms with Gasteiger partial charge in [-0.2, -0.15) is 0 Å². The molecule has 56 valence electrons. The standard InChI is InChI=1S/C7H10BrNS/c1-3-4-6-9-5(2)7(8)10-6/h3-4H2,1-2H3/i1D3,2D3,3D2,4D2. The van der Waals surface area contributed by atoms with Crippen molar-refractivity contribution in [2.75, 3.05) is 0 Å². The van der Waals surface area contributed by atoms with E-state index in [1.165, 1.54) is 0 Å². The molecule has 0 unspecified atom stereocenters. The summed E-state index contributed by atoms with van der Waals surface area (Å²) in [5.74, 6) is 0. The molecule has 1 nitrogen and oxygen atoms in total.